The zero-order valence-electron chi connectivity index (χ0n) is 25.6. The summed E-state index contributed by atoms with van der Waals surface area (Å²) < 4.78 is 17.0. The molecule has 5 heteroatoms. The van der Waals surface area contributed by atoms with Crippen LogP contribution in [0, 0.1) is 0 Å². The number of hydrogen-bond donors (Lipinski definition) is 0. The molecule has 0 aliphatic heterocycles. The lowest BCUT2D eigenvalue weighted by atomic mass is 9.90. The lowest BCUT2D eigenvalue weighted by Gasteiger charge is -2.31. The van der Waals surface area contributed by atoms with Crippen LogP contribution in [-0.4, -0.2) is 50.4 Å². The first-order valence-electron chi connectivity index (χ1n) is 15.4. The molecule has 220 valence electrons. The molecule has 2 unspecified atom stereocenters. The van der Waals surface area contributed by atoms with Gasteiger partial charge in [-0.05, 0) is 97.7 Å². The minimum atomic E-state index is -0.586. The normalized spacial score (nSPS) is 15.1. The van der Waals surface area contributed by atoms with Gasteiger partial charge in [-0.25, -0.2) is 4.79 Å². The minimum absolute atomic E-state index is 0.203. The summed E-state index contributed by atoms with van der Waals surface area (Å²) in [4.78, 5) is 14.7. The highest BCUT2D eigenvalue weighted by molar-refractivity contribution is 5.75. The van der Waals surface area contributed by atoms with Gasteiger partial charge in [0.15, 0.2) is 6.10 Å². The molecule has 0 bridgehead atoms. The Morgan fingerprint density at radius 3 is 2.29 bits per heavy atom. The summed E-state index contributed by atoms with van der Waals surface area (Å²) in [6.07, 6.45) is 5.37. The standard InChI is InChI=1S/C36H47NO4/c1-6-10-27-11-15-29-16-17-30-23-26(7-2)14-20-32(30)35(33(29)24-27)37(5)21-22-41-31-18-12-28(13-19-31)25-34(39-8-3)36(38)40-9-4/h11-15,18-20,23-24,34-35H,6-10,16-17,21-22,25H2,1-5H3. The summed E-state index contributed by atoms with van der Waals surface area (Å²) in [5, 5.41) is 0. The van der Waals surface area contributed by atoms with E-state index in [0.717, 1.165) is 50.0 Å². The van der Waals surface area contributed by atoms with Gasteiger partial charge in [0.05, 0.1) is 12.6 Å². The summed E-state index contributed by atoms with van der Waals surface area (Å²) in [6.45, 7) is 10.4. The van der Waals surface area contributed by atoms with Crippen LogP contribution in [0.4, 0.5) is 0 Å². The monoisotopic (exact) mass is 557 g/mol. The van der Waals surface area contributed by atoms with E-state index in [2.05, 4.69) is 62.2 Å². The third-order valence-electron chi connectivity index (χ3n) is 8.03. The fourth-order valence-electron chi connectivity index (χ4n) is 5.86. The Morgan fingerprint density at radius 1 is 0.854 bits per heavy atom. The SMILES string of the molecule is CCCc1ccc2c(c1)C(N(C)CCOc1ccc(CC(OCC)C(=O)OCC)cc1)c1ccc(CC)cc1CC2. The average Bonchev–Trinajstić information content (AvgIpc) is 3.14. The Hall–Kier alpha value is -3.15. The van der Waals surface area contributed by atoms with E-state index < -0.39 is 6.10 Å². The number of carbonyl (C=O) groups is 1. The highest BCUT2D eigenvalue weighted by Gasteiger charge is 2.27. The van der Waals surface area contributed by atoms with E-state index in [1.165, 1.54) is 33.4 Å². The molecule has 41 heavy (non-hydrogen) atoms. The topological polar surface area (TPSA) is 48.0 Å². The van der Waals surface area contributed by atoms with Gasteiger partial charge in [-0.2, -0.15) is 0 Å². The second-order valence-corrected chi connectivity index (χ2v) is 10.9. The molecule has 0 saturated carbocycles. The highest BCUT2D eigenvalue weighted by atomic mass is 16.6. The average molecular weight is 558 g/mol. The number of hydrogen-bond acceptors (Lipinski definition) is 5. The van der Waals surface area contributed by atoms with Crippen molar-refractivity contribution in [1.29, 1.82) is 0 Å². The van der Waals surface area contributed by atoms with Crippen LogP contribution < -0.4 is 4.74 Å². The number of benzene rings is 3. The van der Waals surface area contributed by atoms with Crippen molar-refractivity contribution in [2.75, 3.05) is 33.4 Å². The van der Waals surface area contributed by atoms with Gasteiger partial charge in [-0.3, -0.25) is 4.90 Å². The molecule has 0 amide bonds. The largest absolute Gasteiger partial charge is 0.492 e. The maximum absolute atomic E-state index is 12.2. The number of fused-ring (bicyclic) bond motifs is 2. The van der Waals surface area contributed by atoms with E-state index in [4.69, 9.17) is 14.2 Å². The molecule has 0 fully saturated rings. The fourth-order valence-corrected chi connectivity index (χ4v) is 5.86. The number of rotatable bonds is 14. The van der Waals surface area contributed by atoms with E-state index in [9.17, 15) is 4.79 Å². The van der Waals surface area contributed by atoms with Crippen LogP contribution in [0.5, 0.6) is 5.75 Å². The minimum Gasteiger partial charge on any atom is -0.492 e. The second kappa shape index (κ2) is 15.2. The van der Waals surface area contributed by atoms with Gasteiger partial charge in [0.25, 0.3) is 0 Å². The Kier molecular flexibility index (Phi) is 11.4. The summed E-state index contributed by atoms with van der Waals surface area (Å²) in [5.74, 6) is 0.512. The van der Waals surface area contributed by atoms with Crippen molar-refractivity contribution >= 4 is 5.97 Å². The third-order valence-corrected chi connectivity index (χ3v) is 8.03. The van der Waals surface area contributed by atoms with Gasteiger partial charge in [-0.15, -0.1) is 0 Å². The molecule has 4 rings (SSSR count). The van der Waals surface area contributed by atoms with Crippen molar-refractivity contribution in [2.45, 2.75) is 78.4 Å². The zero-order chi connectivity index (χ0) is 29.2. The van der Waals surface area contributed by atoms with Gasteiger partial charge in [0, 0.05) is 19.6 Å². The molecule has 3 aromatic rings. The Morgan fingerprint density at radius 2 is 1.59 bits per heavy atom. The van der Waals surface area contributed by atoms with Crippen molar-refractivity contribution in [3.63, 3.8) is 0 Å². The van der Waals surface area contributed by atoms with E-state index in [0.29, 0.717) is 26.2 Å². The quantitative estimate of drug-likeness (QED) is 0.202. The van der Waals surface area contributed by atoms with Crippen LogP contribution in [0.25, 0.3) is 0 Å². The molecule has 0 spiro atoms. The molecule has 1 aliphatic rings. The number of aryl methyl sites for hydroxylation is 4. The first-order valence-corrected chi connectivity index (χ1v) is 15.4. The van der Waals surface area contributed by atoms with Gasteiger partial charge in [0.2, 0.25) is 0 Å². The maximum atomic E-state index is 12.2. The zero-order valence-corrected chi connectivity index (χ0v) is 25.6. The molecule has 0 aromatic heterocycles. The molecule has 3 aromatic carbocycles. The van der Waals surface area contributed by atoms with Crippen LogP contribution in [0.1, 0.15) is 79.1 Å². The number of carbonyl (C=O) groups excluding carboxylic acids is 1. The molecule has 0 radical (unpaired) electrons. The number of ether oxygens (including phenoxy) is 3. The predicted octanol–water partition coefficient (Wildman–Crippen LogP) is 6.91. The Balaban J connectivity index is 1.46. The lowest BCUT2D eigenvalue weighted by Crippen LogP contribution is -2.30. The molecule has 0 saturated heterocycles. The first-order chi connectivity index (χ1) is 20.0. The van der Waals surface area contributed by atoms with Crippen LogP contribution >= 0.6 is 0 Å². The van der Waals surface area contributed by atoms with Crippen molar-refractivity contribution in [3.8, 4) is 5.75 Å². The molecule has 5 nitrogen and oxygen atoms in total. The second-order valence-electron chi connectivity index (χ2n) is 10.9. The molecular weight excluding hydrogens is 510 g/mol. The molecule has 2 atom stereocenters. The van der Waals surface area contributed by atoms with Crippen molar-refractivity contribution in [2.24, 2.45) is 0 Å². The van der Waals surface area contributed by atoms with Crippen molar-refractivity contribution < 1.29 is 19.0 Å². The van der Waals surface area contributed by atoms with Crippen LogP contribution in [0.15, 0.2) is 60.7 Å². The van der Waals surface area contributed by atoms with Gasteiger partial charge < -0.3 is 14.2 Å². The van der Waals surface area contributed by atoms with Crippen LogP contribution in [0.2, 0.25) is 0 Å². The van der Waals surface area contributed by atoms with E-state index in [-0.39, 0.29) is 12.0 Å². The predicted molar refractivity (Wildman–Crippen MR) is 166 cm³/mol. The summed E-state index contributed by atoms with van der Waals surface area (Å²) in [6, 6.07) is 22.4. The lowest BCUT2D eigenvalue weighted by molar-refractivity contribution is -0.156. The van der Waals surface area contributed by atoms with Gasteiger partial charge >= 0.3 is 5.97 Å². The number of nitrogens with zero attached hydrogens (tertiary/aromatic N) is 1. The molecular formula is C36H47NO4. The highest BCUT2D eigenvalue weighted by Crippen LogP contribution is 2.37. The third kappa shape index (κ3) is 7.99. The van der Waals surface area contributed by atoms with E-state index in [1.807, 2.05) is 38.1 Å². The summed E-state index contributed by atoms with van der Waals surface area (Å²) >= 11 is 0. The van der Waals surface area contributed by atoms with E-state index in [1.54, 1.807) is 0 Å². The molecule has 1 aliphatic carbocycles. The first kappa shape index (κ1) is 30.8. The number of likely N-dealkylation sites (N-methyl/N-ethyl adjacent to an activating group) is 1. The Labute approximate surface area is 246 Å². The van der Waals surface area contributed by atoms with Gasteiger partial charge in [-0.1, -0.05) is 68.8 Å². The summed E-state index contributed by atoms with van der Waals surface area (Å²) in [5.41, 5.74) is 9.64. The smallest absolute Gasteiger partial charge is 0.335 e. The van der Waals surface area contributed by atoms with Crippen molar-refractivity contribution in [1.82, 2.24) is 4.90 Å². The fraction of sp³-hybridized carbons (Fsp3) is 0.472. The van der Waals surface area contributed by atoms with Gasteiger partial charge in [0.1, 0.15) is 12.4 Å². The molecule has 0 N–H and O–H groups in total. The maximum Gasteiger partial charge on any atom is 0.335 e. The summed E-state index contributed by atoms with van der Waals surface area (Å²) in [7, 11) is 2.22. The number of esters is 1. The molecule has 0 heterocycles. The van der Waals surface area contributed by atoms with Crippen molar-refractivity contribution in [3.05, 3.63) is 99.6 Å². The van der Waals surface area contributed by atoms with Crippen LogP contribution in [-0.2, 0) is 46.4 Å². The van der Waals surface area contributed by atoms with Crippen LogP contribution in [0.3, 0.4) is 0 Å². The van der Waals surface area contributed by atoms with E-state index >= 15 is 0 Å². The Bertz CT molecular complexity index is 1270.